The smallest absolute Gasteiger partial charge is 0.200 e. The van der Waals surface area contributed by atoms with Gasteiger partial charge in [0.15, 0.2) is 11.5 Å². The first kappa shape index (κ1) is 8.79. The van der Waals surface area contributed by atoms with Crippen molar-refractivity contribution in [3.05, 3.63) is 20.7 Å². The molecule has 2 heterocycles. The molecule has 0 bridgehead atoms. The van der Waals surface area contributed by atoms with Gasteiger partial charge in [0.05, 0.1) is 10.9 Å². The monoisotopic (exact) mass is 212 g/mol. The van der Waals surface area contributed by atoms with Crippen LogP contribution >= 0.6 is 0 Å². The molecule has 0 saturated carbocycles. The fraction of sp³-hybridized carbons (Fsp3) is 0. The van der Waals surface area contributed by atoms with Crippen molar-refractivity contribution in [3.8, 4) is 11.5 Å². The average molecular weight is 212 g/mol. The molecule has 0 fully saturated rings. The molecule has 0 unspecified atom stereocenters. The van der Waals surface area contributed by atoms with Crippen molar-refractivity contribution >= 4 is 5.82 Å². The van der Waals surface area contributed by atoms with E-state index >= 15 is 0 Å². The van der Waals surface area contributed by atoms with Gasteiger partial charge in [0.25, 0.3) is 0 Å². The van der Waals surface area contributed by atoms with Crippen LogP contribution in [0.4, 0.5) is 5.82 Å². The van der Waals surface area contributed by atoms with E-state index in [1.165, 1.54) is 0 Å². The van der Waals surface area contributed by atoms with E-state index in [1.807, 2.05) is 0 Å². The molecule has 0 spiro atoms. The lowest BCUT2D eigenvalue weighted by Gasteiger charge is -2.05. The summed E-state index contributed by atoms with van der Waals surface area (Å²) in [5, 5.41) is 35.6. The van der Waals surface area contributed by atoms with E-state index < -0.39 is 10.9 Å². The SMILES string of the molecule is O=[N+]([O-])[N-]c1nonc1-c1nnnn1[O-]. The second-order valence-electron chi connectivity index (χ2n) is 2.15. The molecule has 0 amide bonds. The van der Waals surface area contributed by atoms with Crippen LogP contribution in [0.2, 0.25) is 0 Å². The van der Waals surface area contributed by atoms with Crippen LogP contribution in [0.15, 0.2) is 4.63 Å². The van der Waals surface area contributed by atoms with Gasteiger partial charge in [-0.15, -0.1) is 10.5 Å². The molecule has 0 N–H and O–H groups in total. The largest absolute Gasteiger partial charge is 0.788 e. The van der Waals surface area contributed by atoms with Crippen LogP contribution in [0.5, 0.6) is 0 Å². The molecule has 2 rings (SSSR count). The van der Waals surface area contributed by atoms with E-state index in [0.717, 1.165) is 0 Å². The highest BCUT2D eigenvalue weighted by molar-refractivity contribution is 5.65. The normalized spacial score (nSPS) is 10.1. The van der Waals surface area contributed by atoms with Gasteiger partial charge in [-0.25, -0.2) is 0 Å². The Morgan fingerprint density at radius 1 is 1.47 bits per heavy atom. The Morgan fingerprint density at radius 3 is 2.87 bits per heavy atom. The van der Waals surface area contributed by atoms with E-state index in [1.54, 1.807) is 0 Å². The van der Waals surface area contributed by atoms with Crippen LogP contribution < -0.4 is 0 Å². The Bertz CT molecular complexity index is 488. The van der Waals surface area contributed by atoms with Crippen molar-refractivity contribution in [1.82, 2.24) is 30.7 Å². The van der Waals surface area contributed by atoms with Crippen LogP contribution in [-0.2, 0) is 0 Å². The predicted octanol–water partition coefficient (Wildman–Crippen LogP) is -0.734. The molecule has 0 aromatic carbocycles. The van der Waals surface area contributed by atoms with E-state index in [0.29, 0.717) is 0 Å². The molecule has 15 heavy (non-hydrogen) atoms. The lowest BCUT2D eigenvalue weighted by atomic mass is 10.4. The average Bonchev–Trinajstić information content (AvgIpc) is 2.73. The van der Waals surface area contributed by atoms with Crippen molar-refractivity contribution in [3.63, 3.8) is 0 Å². The second-order valence-corrected chi connectivity index (χ2v) is 2.15. The Morgan fingerprint density at radius 2 is 2.27 bits per heavy atom. The third kappa shape index (κ3) is 1.50. The van der Waals surface area contributed by atoms with Crippen LogP contribution in [0.1, 0.15) is 0 Å². The Labute approximate surface area is 79.5 Å². The molecular weight excluding hydrogens is 212 g/mol. The number of hydrogen-bond acceptors (Lipinski definition) is 9. The van der Waals surface area contributed by atoms with Crippen molar-refractivity contribution < 1.29 is 9.66 Å². The van der Waals surface area contributed by atoms with Crippen LogP contribution in [0.3, 0.4) is 0 Å². The number of tetrazole rings is 1. The zero-order chi connectivity index (χ0) is 10.8. The molecule has 0 atom stereocenters. The van der Waals surface area contributed by atoms with E-state index in [4.69, 9.17) is 0 Å². The fourth-order valence-electron chi connectivity index (χ4n) is 0.785. The fourth-order valence-corrected chi connectivity index (χ4v) is 0.785. The molecule has 0 aliphatic carbocycles. The van der Waals surface area contributed by atoms with Crippen molar-refractivity contribution in [2.75, 3.05) is 0 Å². The van der Waals surface area contributed by atoms with Gasteiger partial charge in [-0.1, -0.05) is 5.16 Å². The molecule has 0 aliphatic rings. The maximum atomic E-state index is 10.9. The summed E-state index contributed by atoms with van der Waals surface area (Å²) in [5.41, 5.74) is 2.52. The van der Waals surface area contributed by atoms with Crippen LogP contribution in [0, 0.1) is 15.3 Å². The highest BCUT2D eigenvalue weighted by atomic mass is 16.7. The standard InChI is InChI=1S/C3N8O4/c12-10-3(4-8-9-10)1-2(5-11(13)14)7-15-6-1/q-2. The Kier molecular flexibility index (Phi) is 1.86. The van der Waals surface area contributed by atoms with Gasteiger partial charge in [-0.3, -0.25) is 20.1 Å². The van der Waals surface area contributed by atoms with Gasteiger partial charge in [0.1, 0.15) is 0 Å². The van der Waals surface area contributed by atoms with Gasteiger partial charge in [0.2, 0.25) is 0 Å². The topological polar surface area (TPSA) is 163 Å². The zero-order valence-corrected chi connectivity index (χ0v) is 6.71. The number of hydrogen-bond donors (Lipinski definition) is 0. The summed E-state index contributed by atoms with van der Waals surface area (Å²) < 4.78 is 4.18. The minimum Gasteiger partial charge on any atom is -0.788 e. The third-order valence-corrected chi connectivity index (χ3v) is 1.30. The van der Waals surface area contributed by atoms with Gasteiger partial charge >= 0.3 is 0 Å². The summed E-state index contributed by atoms with van der Waals surface area (Å²) >= 11 is 0. The Hall–Kier alpha value is -2.79. The minimum atomic E-state index is -1.01. The van der Waals surface area contributed by atoms with Gasteiger partial charge in [-0.05, 0) is 10.4 Å². The molecule has 0 saturated heterocycles. The molecule has 78 valence electrons. The summed E-state index contributed by atoms with van der Waals surface area (Å²) in [4.78, 5) is 10.1. The van der Waals surface area contributed by atoms with Crippen molar-refractivity contribution in [2.24, 2.45) is 0 Å². The summed E-state index contributed by atoms with van der Waals surface area (Å²) in [5.74, 6) is -0.858. The number of rotatable bonds is 3. The lowest BCUT2D eigenvalue weighted by molar-refractivity contribution is -0.419. The molecular formula is C3N8O4-2. The number of nitrogens with zero attached hydrogens (tertiary/aromatic N) is 8. The van der Waals surface area contributed by atoms with E-state index in [2.05, 4.69) is 35.9 Å². The maximum Gasteiger partial charge on any atom is 0.200 e. The first-order chi connectivity index (χ1) is 7.18. The zero-order valence-electron chi connectivity index (χ0n) is 6.71. The third-order valence-electron chi connectivity index (χ3n) is 1.30. The Balaban J connectivity index is 2.41. The maximum absolute atomic E-state index is 10.9. The van der Waals surface area contributed by atoms with Gasteiger partial charge in [0, 0.05) is 0 Å². The summed E-state index contributed by atoms with van der Waals surface area (Å²) in [6, 6.07) is 0. The van der Waals surface area contributed by atoms with Gasteiger partial charge in [-0.2, -0.15) is 0 Å². The summed E-state index contributed by atoms with van der Waals surface area (Å²) in [6.45, 7) is 0. The van der Waals surface area contributed by atoms with Crippen LogP contribution in [-0.4, -0.2) is 35.7 Å². The molecule has 12 heteroatoms. The second kappa shape index (κ2) is 3.17. The first-order valence-electron chi connectivity index (χ1n) is 3.33. The minimum absolute atomic E-state index is 0.0124. The molecule has 0 radical (unpaired) electrons. The quantitative estimate of drug-likeness (QED) is 0.470. The summed E-state index contributed by atoms with van der Waals surface area (Å²) in [7, 11) is 0. The highest BCUT2D eigenvalue weighted by Crippen LogP contribution is 2.26. The van der Waals surface area contributed by atoms with Crippen molar-refractivity contribution in [1.29, 1.82) is 0 Å². The first-order valence-corrected chi connectivity index (χ1v) is 3.33. The molecule has 12 nitrogen and oxygen atoms in total. The number of aromatic nitrogens is 6. The lowest BCUT2D eigenvalue weighted by Crippen LogP contribution is -1.95. The highest BCUT2D eigenvalue weighted by Gasteiger charge is 2.13. The summed E-state index contributed by atoms with van der Waals surface area (Å²) in [6.07, 6.45) is 0. The van der Waals surface area contributed by atoms with Gasteiger partial charge < -0.3 is 9.84 Å². The molecule has 2 aromatic heterocycles. The van der Waals surface area contributed by atoms with Crippen molar-refractivity contribution in [2.45, 2.75) is 0 Å². The number of nitro groups is 1. The van der Waals surface area contributed by atoms with E-state index in [-0.39, 0.29) is 16.4 Å². The predicted molar refractivity (Wildman–Crippen MR) is 39.9 cm³/mol. The molecule has 2 aromatic rings. The van der Waals surface area contributed by atoms with Crippen LogP contribution in [0.25, 0.3) is 16.9 Å². The molecule has 0 aliphatic heterocycles. The van der Waals surface area contributed by atoms with E-state index in [9.17, 15) is 15.3 Å².